The van der Waals surface area contributed by atoms with Gasteiger partial charge >= 0.3 is 0 Å². The normalized spacial score (nSPS) is 11.2. The molecular weight excluding hydrogens is 446 g/mol. The van der Waals surface area contributed by atoms with E-state index in [0.29, 0.717) is 30.1 Å². The van der Waals surface area contributed by atoms with Gasteiger partial charge in [0, 0.05) is 16.2 Å². The largest absolute Gasteiger partial charge is 0.345 e. The molecule has 0 aliphatic heterocycles. The Hall–Kier alpha value is -3.59. The van der Waals surface area contributed by atoms with Crippen LogP contribution in [0.2, 0.25) is 0 Å². The molecule has 148 valence electrons. The molecule has 0 saturated heterocycles. The van der Waals surface area contributed by atoms with E-state index in [-0.39, 0.29) is 5.91 Å². The smallest absolute Gasteiger partial charge is 0.251 e. The molecule has 0 saturated carbocycles. The van der Waals surface area contributed by atoms with Crippen molar-refractivity contribution in [3.8, 4) is 0 Å². The third-order valence-corrected chi connectivity index (χ3v) is 5.17. The lowest BCUT2D eigenvalue weighted by Crippen LogP contribution is -2.23. The molecule has 0 spiro atoms. The number of rotatable bonds is 5. The number of H-pyrrole nitrogens is 1. The van der Waals surface area contributed by atoms with Crippen LogP contribution in [0.15, 0.2) is 65.3 Å². The summed E-state index contributed by atoms with van der Waals surface area (Å²) in [5, 5.41) is 11.3. The minimum atomic E-state index is -0.164. The first-order valence-electron chi connectivity index (χ1n) is 9.31. The van der Waals surface area contributed by atoms with Gasteiger partial charge in [0.25, 0.3) is 5.91 Å². The van der Waals surface area contributed by atoms with Crippen LogP contribution in [0.4, 0.5) is 0 Å². The number of aromatic nitrogens is 6. The molecule has 2 aromatic carbocycles. The molecule has 0 atom stereocenters. The third-order valence-electron chi connectivity index (χ3n) is 4.74. The number of pyridine rings is 1. The quantitative estimate of drug-likeness (QED) is 0.417. The number of para-hydroxylation sites is 1. The number of benzene rings is 2. The van der Waals surface area contributed by atoms with E-state index in [1.54, 1.807) is 18.3 Å². The first-order chi connectivity index (χ1) is 14.7. The van der Waals surface area contributed by atoms with Crippen LogP contribution >= 0.6 is 15.9 Å². The maximum atomic E-state index is 12.5. The van der Waals surface area contributed by atoms with E-state index < -0.39 is 0 Å². The van der Waals surface area contributed by atoms with E-state index in [2.05, 4.69) is 46.5 Å². The van der Waals surface area contributed by atoms with E-state index in [1.165, 1.54) is 0 Å². The lowest BCUT2D eigenvalue weighted by atomic mass is 10.1. The number of aromatic amines is 1. The number of nitrogens with one attached hydrogen (secondary N) is 2. The Kier molecular flexibility index (Phi) is 4.72. The summed E-state index contributed by atoms with van der Waals surface area (Å²) in [7, 11) is 0. The fourth-order valence-corrected chi connectivity index (χ4v) is 3.57. The summed E-state index contributed by atoms with van der Waals surface area (Å²) in [6.07, 6.45) is 1.69. The number of nitrogens with zero attached hydrogens (tertiary/aromatic N) is 5. The zero-order valence-electron chi connectivity index (χ0n) is 15.7. The van der Waals surface area contributed by atoms with Crippen LogP contribution in [0.1, 0.15) is 21.7 Å². The van der Waals surface area contributed by atoms with E-state index in [4.69, 9.17) is 0 Å². The Morgan fingerprint density at radius 3 is 2.83 bits per heavy atom. The molecule has 0 aliphatic rings. The van der Waals surface area contributed by atoms with Crippen LogP contribution in [0.25, 0.3) is 22.2 Å². The summed E-state index contributed by atoms with van der Waals surface area (Å²) in [6.45, 7) is 0.878. The summed E-state index contributed by atoms with van der Waals surface area (Å²) in [6, 6.07) is 17.2. The number of carbonyl (C=O) groups is 1. The maximum Gasteiger partial charge on any atom is 0.251 e. The Labute approximate surface area is 179 Å². The highest BCUT2D eigenvalue weighted by molar-refractivity contribution is 9.10. The van der Waals surface area contributed by atoms with Crippen molar-refractivity contribution in [3.63, 3.8) is 0 Å². The SMILES string of the molecule is O=C(NCc1nc2ncc(Br)cc2[nH]1)c1ccc(Cn2nnc3ccccc32)cc1. The molecule has 0 fully saturated rings. The highest BCUT2D eigenvalue weighted by Crippen LogP contribution is 2.15. The van der Waals surface area contributed by atoms with E-state index in [1.807, 2.05) is 47.1 Å². The van der Waals surface area contributed by atoms with Gasteiger partial charge in [-0.15, -0.1) is 5.10 Å². The molecule has 1 amide bonds. The molecule has 3 heterocycles. The van der Waals surface area contributed by atoms with Crippen LogP contribution in [0, 0.1) is 0 Å². The second kappa shape index (κ2) is 7.68. The molecule has 8 nitrogen and oxygen atoms in total. The van der Waals surface area contributed by atoms with Crippen molar-refractivity contribution in [1.82, 2.24) is 35.3 Å². The fraction of sp³-hybridized carbons (Fsp3) is 0.0952. The molecule has 5 aromatic rings. The first-order valence-corrected chi connectivity index (χ1v) is 10.1. The summed E-state index contributed by atoms with van der Waals surface area (Å²) < 4.78 is 2.71. The van der Waals surface area contributed by atoms with Gasteiger partial charge in [-0.3, -0.25) is 4.79 Å². The number of hydrogen-bond donors (Lipinski definition) is 2. The van der Waals surface area contributed by atoms with Crippen molar-refractivity contribution in [1.29, 1.82) is 0 Å². The van der Waals surface area contributed by atoms with Gasteiger partial charge in [0.15, 0.2) is 5.65 Å². The molecule has 2 N–H and O–H groups in total. The minimum absolute atomic E-state index is 0.164. The Bertz CT molecular complexity index is 1360. The standard InChI is InChI=1S/C21H16BrN7O/c22-15-9-17-20(23-10-15)26-19(25-17)11-24-21(30)14-7-5-13(6-8-14)12-29-18-4-2-1-3-16(18)27-28-29/h1-10H,11-12H2,(H,24,30)(H,23,25,26). The molecule has 3 aromatic heterocycles. The van der Waals surface area contributed by atoms with Crippen LogP contribution in [-0.4, -0.2) is 35.9 Å². The van der Waals surface area contributed by atoms with Gasteiger partial charge in [-0.25, -0.2) is 14.6 Å². The molecule has 0 radical (unpaired) electrons. The summed E-state index contributed by atoms with van der Waals surface area (Å²) in [4.78, 5) is 24.3. The highest BCUT2D eigenvalue weighted by atomic mass is 79.9. The third kappa shape index (κ3) is 3.67. The zero-order chi connectivity index (χ0) is 20.5. The minimum Gasteiger partial charge on any atom is -0.345 e. The predicted molar refractivity (Wildman–Crippen MR) is 116 cm³/mol. The topological polar surface area (TPSA) is 101 Å². The van der Waals surface area contributed by atoms with Crippen molar-refractivity contribution in [2.24, 2.45) is 0 Å². The van der Waals surface area contributed by atoms with Crippen LogP contribution < -0.4 is 5.32 Å². The van der Waals surface area contributed by atoms with Crippen molar-refractivity contribution in [3.05, 3.63) is 82.2 Å². The Morgan fingerprint density at radius 1 is 1.13 bits per heavy atom. The van der Waals surface area contributed by atoms with Crippen LogP contribution in [0.3, 0.4) is 0 Å². The predicted octanol–water partition coefficient (Wildman–Crippen LogP) is 3.44. The molecule has 5 rings (SSSR count). The number of fused-ring (bicyclic) bond motifs is 2. The number of halogens is 1. The van der Waals surface area contributed by atoms with Gasteiger partial charge < -0.3 is 10.3 Å². The summed E-state index contributed by atoms with van der Waals surface area (Å²) in [5.74, 6) is 0.487. The van der Waals surface area contributed by atoms with Gasteiger partial charge in [0.2, 0.25) is 0 Å². The van der Waals surface area contributed by atoms with E-state index >= 15 is 0 Å². The maximum absolute atomic E-state index is 12.5. The number of carbonyl (C=O) groups excluding carboxylic acids is 1. The second-order valence-corrected chi connectivity index (χ2v) is 7.74. The molecule has 30 heavy (non-hydrogen) atoms. The Balaban J connectivity index is 1.24. The van der Waals surface area contributed by atoms with Crippen molar-refractivity contribution in [2.45, 2.75) is 13.1 Å². The van der Waals surface area contributed by atoms with Crippen molar-refractivity contribution >= 4 is 44.0 Å². The molecular formula is C21H16BrN7O. The summed E-state index contributed by atoms with van der Waals surface area (Å²) >= 11 is 3.38. The first kappa shape index (κ1) is 18.4. The molecule has 0 unspecified atom stereocenters. The highest BCUT2D eigenvalue weighted by Gasteiger charge is 2.09. The fourth-order valence-electron chi connectivity index (χ4n) is 3.24. The van der Waals surface area contributed by atoms with E-state index in [9.17, 15) is 4.79 Å². The number of imidazole rings is 1. The van der Waals surface area contributed by atoms with Gasteiger partial charge in [-0.2, -0.15) is 0 Å². The summed E-state index contributed by atoms with van der Waals surface area (Å²) in [5.41, 5.74) is 4.90. The van der Waals surface area contributed by atoms with Gasteiger partial charge in [0.1, 0.15) is 11.3 Å². The molecule has 0 bridgehead atoms. The van der Waals surface area contributed by atoms with Gasteiger partial charge in [-0.05, 0) is 51.8 Å². The van der Waals surface area contributed by atoms with Crippen molar-refractivity contribution < 1.29 is 4.79 Å². The van der Waals surface area contributed by atoms with Crippen molar-refractivity contribution in [2.75, 3.05) is 0 Å². The second-order valence-electron chi connectivity index (χ2n) is 6.82. The van der Waals surface area contributed by atoms with Crippen LogP contribution in [-0.2, 0) is 13.1 Å². The molecule has 9 heteroatoms. The van der Waals surface area contributed by atoms with E-state index in [0.717, 1.165) is 26.6 Å². The molecule has 0 aliphatic carbocycles. The zero-order valence-corrected chi connectivity index (χ0v) is 17.3. The lowest BCUT2D eigenvalue weighted by Gasteiger charge is -2.06. The van der Waals surface area contributed by atoms with Gasteiger partial charge in [0.05, 0.1) is 24.1 Å². The average molecular weight is 462 g/mol. The number of hydrogen-bond acceptors (Lipinski definition) is 5. The van der Waals surface area contributed by atoms with Gasteiger partial charge in [-0.1, -0.05) is 29.5 Å². The Morgan fingerprint density at radius 2 is 1.97 bits per heavy atom. The number of amides is 1. The lowest BCUT2D eigenvalue weighted by molar-refractivity contribution is 0.0950. The monoisotopic (exact) mass is 461 g/mol. The van der Waals surface area contributed by atoms with Crippen LogP contribution in [0.5, 0.6) is 0 Å². The average Bonchev–Trinajstić information content (AvgIpc) is 3.36.